The molecule has 0 spiro atoms. The van der Waals surface area contributed by atoms with Crippen molar-refractivity contribution in [2.45, 2.75) is 17.9 Å². The van der Waals surface area contributed by atoms with E-state index in [2.05, 4.69) is 0 Å². The Labute approximate surface area is 101 Å². The largest absolute Gasteiger partial charge is 0.394 e. The van der Waals surface area contributed by atoms with E-state index in [9.17, 15) is 8.42 Å². The lowest BCUT2D eigenvalue weighted by Crippen LogP contribution is -2.25. The van der Waals surface area contributed by atoms with E-state index in [1.165, 1.54) is 12.1 Å². The molecule has 6 heteroatoms. The van der Waals surface area contributed by atoms with Crippen molar-refractivity contribution in [1.29, 1.82) is 0 Å². The van der Waals surface area contributed by atoms with Gasteiger partial charge in [0, 0.05) is 6.61 Å². The first-order chi connectivity index (χ1) is 8.10. The number of aliphatic hydroxyl groups excluding tert-OH is 1. The molecule has 0 bridgehead atoms. The second-order valence-corrected chi connectivity index (χ2v) is 4.93. The molecule has 0 fully saturated rings. The van der Waals surface area contributed by atoms with Crippen molar-refractivity contribution >= 4 is 10.1 Å². The molecule has 17 heavy (non-hydrogen) atoms. The van der Waals surface area contributed by atoms with Crippen LogP contribution in [0, 0.1) is 0 Å². The predicted octanol–water partition coefficient (Wildman–Crippen LogP) is 0.789. The maximum absolute atomic E-state index is 11.7. The van der Waals surface area contributed by atoms with Crippen molar-refractivity contribution < 1.29 is 22.4 Å². The first-order valence-corrected chi connectivity index (χ1v) is 6.68. The zero-order valence-electron chi connectivity index (χ0n) is 9.57. The minimum Gasteiger partial charge on any atom is -0.394 e. The van der Waals surface area contributed by atoms with Gasteiger partial charge in [-0.2, -0.15) is 8.42 Å². The second kappa shape index (κ2) is 6.70. The summed E-state index contributed by atoms with van der Waals surface area (Å²) in [5.41, 5.74) is 0. The fourth-order valence-corrected chi connectivity index (χ4v) is 2.17. The van der Waals surface area contributed by atoms with Gasteiger partial charge in [-0.15, -0.1) is 0 Å². The zero-order valence-corrected chi connectivity index (χ0v) is 10.4. The normalized spacial score (nSPS) is 13.5. The van der Waals surface area contributed by atoms with E-state index in [0.717, 1.165) is 0 Å². The Morgan fingerprint density at radius 3 is 2.47 bits per heavy atom. The van der Waals surface area contributed by atoms with Crippen LogP contribution in [0.1, 0.15) is 6.92 Å². The highest BCUT2D eigenvalue weighted by atomic mass is 32.2. The molecule has 0 aliphatic rings. The number of hydrogen-bond acceptors (Lipinski definition) is 5. The average molecular weight is 260 g/mol. The van der Waals surface area contributed by atoms with Crippen LogP contribution in [0.2, 0.25) is 0 Å². The summed E-state index contributed by atoms with van der Waals surface area (Å²) in [7, 11) is -3.77. The summed E-state index contributed by atoms with van der Waals surface area (Å²) in [5, 5.41) is 8.92. The van der Waals surface area contributed by atoms with Crippen LogP contribution in [-0.4, -0.2) is 39.4 Å². The topological polar surface area (TPSA) is 72.8 Å². The number of ether oxygens (including phenoxy) is 1. The lowest BCUT2D eigenvalue weighted by Gasteiger charge is -2.14. The second-order valence-electron chi connectivity index (χ2n) is 3.31. The van der Waals surface area contributed by atoms with Gasteiger partial charge in [0.25, 0.3) is 10.1 Å². The summed E-state index contributed by atoms with van der Waals surface area (Å²) in [6.07, 6.45) is -0.626. The van der Waals surface area contributed by atoms with E-state index in [1.54, 1.807) is 25.1 Å². The fraction of sp³-hybridized carbons (Fsp3) is 0.455. The third-order valence-corrected chi connectivity index (χ3v) is 3.34. The molecule has 0 aliphatic carbocycles. The van der Waals surface area contributed by atoms with Gasteiger partial charge in [-0.3, -0.25) is 4.18 Å². The molecule has 0 aromatic heterocycles. The van der Waals surface area contributed by atoms with Crippen LogP contribution >= 0.6 is 0 Å². The number of rotatable bonds is 7. The van der Waals surface area contributed by atoms with E-state index < -0.39 is 16.2 Å². The number of hydrogen-bond donors (Lipinski definition) is 1. The number of benzene rings is 1. The molecule has 1 aromatic carbocycles. The monoisotopic (exact) mass is 260 g/mol. The molecule has 0 saturated heterocycles. The molecule has 0 amide bonds. The van der Waals surface area contributed by atoms with E-state index in [1.807, 2.05) is 0 Å². The van der Waals surface area contributed by atoms with Crippen LogP contribution in [0.25, 0.3) is 0 Å². The Morgan fingerprint density at radius 2 is 1.94 bits per heavy atom. The van der Waals surface area contributed by atoms with Crippen LogP contribution in [0.4, 0.5) is 0 Å². The quantitative estimate of drug-likeness (QED) is 0.734. The van der Waals surface area contributed by atoms with E-state index in [4.69, 9.17) is 14.0 Å². The summed E-state index contributed by atoms with van der Waals surface area (Å²) >= 11 is 0. The third-order valence-electron chi connectivity index (χ3n) is 2.05. The minimum absolute atomic E-state index is 0.0909. The standard InChI is InChI=1S/C11H16O5S/c1-2-15-10(8-12)9-16-17(13,14)11-6-4-3-5-7-11/h3-7,10,12H,2,8-9H2,1H3. The smallest absolute Gasteiger partial charge is 0.297 e. The summed E-state index contributed by atoms with van der Waals surface area (Å²) < 4.78 is 33.3. The highest BCUT2D eigenvalue weighted by Crippen LogP contribution is 2.11. The molecule has 0 radical (unpaired) electrons. The van der Waals surface area contributed by atoms with Crippen molar-refractivity contribution in [1.82, 2.24) is 0 Å². The minimum atomic E-state index is -3.77. The predicted molar refractivity (Wildman–Crippen MR) is 62.1 cm³/mol. The average Bonchev–Trinajstić information content (AvgIpc) is 2.35. The summed E-state index contributed by atoms with van der Waals surface area (Å²) in [5.74, 6) is 0. The molecule has 1 aromatic rings. The van der Waals surface area contributed by atoms with Gasteiger partial charge in [0.05, 0.1) is 18.1 Å². The van der Waals surface area contributed by atoms with Gasteiger partial charge in [0.1, 0.15) is 6.10 Å². The Kier molecular flexibility index (Phi) is 5.57. The van der Waals surface area contributed by atoms with Gasteiger partial charge < -0.3 is 9.84 Å². The van der Waals surface area contributed by atoms with Crippen LogP contribution in [0.15, 0.2) is 35.2 Å². The Hall–Kier alpha value is -0.950. The third kappa shape index (κ3) is 4.43. The fourth-order valence-electron chi connectivity index (χ4n) is 1.21. The maximum Gasteiger partial charge on any atom is 0.297 e. The first kappa shape index (κ1) is 14.1. The molecule has 5 nitrogen and oxygen atoms in total. The van der Waals surface area contributed by atoms with Crippen molar-refractivity contribution in [2.24, 2.45) is 0 Å². The molecule has 0 aliphatic heterocycles. The molecular weight excluding hydrogens is 244 g/mol. The highest BCUT2D eigenvalue weighted by Gasteiger charge is 2.17. The summed E-state index contributed by atoms with van der Waals surface area (Å²) in [4.78, 5) is 0.0909. The van der Waals surface area contributed by atoms with Gasteiger partial charge in [0.15, 0.2) is 0 Å². The maximum atomic E-state index is 11.7. The van der Waals surface area contributed by atoms with E-state index in [0.29, 0.717) is 6.61 Å². The Morgan fingerprint density at radius 1 is 1.29 bits per heavy atom. The number of aliphatic hydroxyl groups is 1. The van der Waals surface area contributed by atoms with Crippen LogP contribution in [0.5, 0.6) is 0 Å². The lowest BCUT2D eigenvalue weighted by molar-refractivity contribution is -0.00626. The van der Waals surface area contributed by atoms with Crippen LogP contribution < -0.4 is 0 Å². The van der Waals surface area contributed by atoms with Crippen molar-refractivity contribution in [3.05, 3.63) is 30.3 Å². The van der Waals surface area contributed by atoms with Crippen molar-refractivity contribution in [3.63, 3.8) is 0 Å². The van der Waals surface area contributed by atoms with Gasteiger partial charge in [-0.05, 0) is 19.1 Å². The van der Waals surface area contributed by atoms with E-state index >= 15 is 0 Å². The zero-order chi connectivity index (χ0) is 12.7. The van der Waals surface area contributed by atoms with E-state index in [-0.39, 0.29) is 18.1 Å². The molecule has 0 heterocycles. The molecular formula is C11H16O5S. The molecule has 1 unspecified atom stereocenters. The Bertz CT molecular complexity index is 415. The molecule has 1 N–H and O–H groups in total. The first-order valence-electron chi connectivity index (χ1n) is 5.27. The van der Waals surface area contributed by atoms with Gasteiger partial charge in [-0.1, -0.05) is 18.2 Å². The van der Waals surface area contributed by atoms with Crippen molar-refractivity contribution in [2.75, 3.05) is 19.8 Å². The lowest BCUT2D eigenvalue weighted by atomic mass is 10.4. The van der Waals surface area contributed by atoms with Gasteiger partial charge in [-0.25, -0.2) is 0 Å². The highest BCUT2D eigenvalue weighted by molar-refractivity contribution is 7.86. The van der Waals surface area contributed by atoms with Crippen molar-refractivity contribution in [3.8, 4) is 0 Å². The van der Waals surface area contributed by atoms with Crippen LogP contribution in [-0.2, 0) is 19.0 Å². The molecule has 1 rings (SSSR count). The molecule has 96 valence electrons. The van der Waals surface area contributed by atoms with Crippen LogP contribution in [0.3, 0.4) is 0 Å². The summed E-state index contributed by atoms with van der Waals surface area (Å²) in [6.45, 7) is 1.67. The van der Waals surface area contributed by atoms with Gasteiger partial charge in [0.2, 0.25) is 0 Å². The SMILES string of the molecule is CCOC(CO)COS(=O)(=O)c1ccccc1. The van der Waals surface area contributed by atoms with Gasteiger partial charge >= 0.3 is 0 Å². The molecule has 1 atom stereocenters. The summed E-state index contributed by atoms with van der Waals surface area (Å²) in [6, 6.07) is 7.84. The Balaban J connectivity index is 2.62. The molecule has 0 saturated carbocycles.